The molecule has 4 heteroatoms. The minimum absolute atomic E-state index is 0.212. The third-order valence-electron chi connectivity index (χ3n) is 1.92. The Kier molecular flexibility index (Phi) is 4.18. The molecule has 0 spiro atoms. The SMILES string of the molecule is CCOC(=O)[C@H](COC)NC1CC1. The van der Waals surface area contributed by atoms with Crippen LogP contribution >= 0.6 is 0 Å². The first-order valence-corrected chi connectivity index (χ1v) is 4.69. The summed E-state index contributed by atoms with van der Waals surface area (Å²) in [5.74, 6) is -0.212. The maximum absolute atomic E-state index is 11.3. The molecule has 0 amide bonds. The second-order valence-electron chi connectivity index (χ2n) is 3.20. The van der Waals surface area contributed by atoms with Gasteiger partial charge in [-0.15, -0.1) is 0 Å². The number of nitrogens with one attached hydrogen (secondary N) is 1. The molecule has 1 rings (SSSR count). The molecule has 0 radical (unpaired) electrons. The predicted molar refractivity (Wildman–Crippen MR) is 48.5 cm³/mol. The fraction of sp³-hybridized carbons (Fsp3) is 0.889. The van der Waals surface area contributed by atoms with E-state index in [1.54, 1.807) is 14.0 Å². The van der Waals surface area contributed by atoms with Gasteiger partial charge in [0.15, 0.2) is 0 Å². The number of hydrogen-bond donors (Lipinski definition) is 1. The molecule has 0 aromatic carbocycles. The van der Waals surface area contributed by atoms with Gasteiger partial charge in [-0.2, -0.15) is 0 Å². The molecule has 1 atom stereocenters. The van der Waals surface area contributed by atoms with Crippen molar-refractivity contribution in [3.8, 4) is 0 Å². The highest BCUT2D eigenvalue weighted by molar-refractivity contribution is 5.76. The summed E-state index contributed by atoms with van der Waals surface area (Å²) in [5.41, 5.74) is 0. The lowest BCUT2D eigenvalue weighted by Crippen LogP contribution is -2.42. The minimum atomic E-state index is -0.294. The van der Waals surface area contributed by atoms with Gasteiger partial charge in [-0.05, 0) is 19.8 Å². The standard InChI is InChI=1S/C9H17NO3/c1-3-13-9(11)8(6-12-2)10-7-4-5-7/h7-8,10H,3-6H2,1-2H3/t8-/m0/s1. The largest absolute Gasteiger partial charge is 0.465 e. The van der Waals surface area contributed by atoms with E-state index in [9.17, 15) is 4.79 Å². The predicted octanol–water partition coefficient (Wildman–Crippen LogP) is 0.316. The lowest BCUT2D eigenvalue weighted by atomic mass is 10.3. The van der Waals surface area contributed by atoms with Crippen LogP contribution in [0.15, 0.2) is 0 Å². The highest BCUT2D eigenvalue weighted by Crippen LogP contribution is 2.19. The smallest absolute Gasteiger partial charge is 0.325 e. The highest BCUT2D eigenvalue weighted by Gasteiger charge is 2.28. The normalized spacial score (nSPS) is 18.3. The average Bonchev–Trinajstić information content (AvgIpc) is 2.88. The van der Waals surface area contributed by atoms with E-state index in [2.05, 4.69) is 5.32 Å². The zero-order chi connectivity index (χ0) is 9.68. The topological polar surface area (TPSA) is 47.6 Å². The molecule has 0 saturated heterocycles. The van der Waals surface area contributed by atoms with Crippen LogP contribution in [0.2, 0.25) is 0 Å². The number of rotatable bonds is 6. The molecule has 1 N–H and O–H groups in total. The van der Waals surface area contributed by atoms with Gasteiger partial charge >= 0.3 is 5.97 Å². The lowest BCUT2D eigenvalue weighted by Gasteiger charge is -2.15. The van der Waals surface area contributed by atoms with Crippen molar-refractivity contribution < 1.29 is 14.3 Å². The number of carbonyl (C=O) groups excluding carboxylic acids is 1. The van der Waals surface area contributed by atoms with Crippen molar-refractivity contribution in [3.63, 3.8) is 0 Å². The molecule has 1 saturated carbocycles. The van der Waals surface area contributed by atoms with Crippen LogP contribution in [0.4, 0.5) is 0 Å². The van der Waals surface area contributed by atoms with Gasteiger partial charge in [-0.25, -0.2) is 0 Å². The molecule has 0 aromatic rings. The van der Waals surface area contributed by atoms with Crippen LogP contribution < -0.4 is 5.32 Å². The van der Waals surface area contributed by atoms with Crippen LogP contribution in [0.25, 0.3) is 0 Å². The summed E-state index contributed by atoms with van der Waals surface area (Å²) in [5, 5.41) is 3.18. The van der Waals surface area contributed by atoms with Crippen LogP contribution in [0, 0.1) is 0 Å². The zero-order valence-electron chi connectivity index (χ0n) is 8.21. The van der Waals surface area contributed by atoms with E-state index in [0.29, 0.717) is 19.3 Å². The Balaban J connectivity index is 2.29. The zero-order valence-corrected chi connectivity index (χ0v) is 8.21. The van der Waals surface area contributed by atoms with Crippen LogP contribution in [0.3, 0.4) is 0 Å². The van der Waals surface area contributed by atoms with Crippen LogP contribution in [-0.2, 0) is 14.3 Å². The molecule has 1 aliphatic rings. The van der Waals surface area contributed by atoms with E-state index in [4.69, 9.17) is 9.47 Å². The van der Waals surface area contributed by atoms with Crippen molar-refractivity contribution in [2.75, 3.05) is 20.3 Å². The van der Waals surface area contributed by atoms with E-state index in [1.165, 1.54) is 0 Å². The molecule has 0 bridgehead atoms. The minimum Gasteiger partial charge on any atom is -0.465 e. The van der Waals surface area contributed by atoms with Gasteiger partial charge in [0, 0.05) is 13.2 Å². The summed E-state index contributed by atoms with van der Waals surface area (Å²) in [7, 11) is 1.58. The van der Waals surface area contributed by atoms with Crippen LogP contribution in [-0.4, -0.2) is 38.4 Å². The Hall–Kier alpha value is -0.610. The highest BCUT2D eigenvalue weighted by atomic mass is 16.5. The van der Waals surface area contributed by atoms with Gasteiger partial charge < -0.3 is 9.47 Å². The number of ether oxygens (including phenoxy) is 2. The third kappa shape index (κ3) is 3.74. The van der Waals surface area contributed by atoms with Crippen LogP contribution in [0.5, 0.6) is 0 Å². The molecule has 4 nitrogen and oxygen atoms in total. The van der Waals surface area contributed by atoms with Gasteiger partial charge in [0.2, 0.25) is 0 Å². The quantitative estimate of drug-likeness (QED) is 0.608. The average molecular weight is 187 g/mol. The Morgan fingerprint density at radius 1 is 1.62 bits per heavy atom. The monoisotopic (exact) mass is 187 g/mol. The summed E-state index contributed by atoms with van der Waals surface area (Å²) >= 11 is 0. The Morgan fingerprint density at radius 3 is 2.77 bits per heavy atom. The first-order valence-electron chi connectivity index (χ1n) is 4.69. The molecular formula is C9H17NO3. The van der Waals surface area contributed by atoms with Gasteiger partial charge in [-0.3, -0.25) is 10.1 Å². The number of carbonyl (C=O) groups is 1. The van der Waals surface area contributed by atoms with Crippen molar-refractivity contribution in [2.45, 2.75) is 31.8 Å². The molecule has 0 aromatic heterocycles. The van der Waals surface area contributed by atoms with Crippen molar-refractivity contribution in [1.29, 1.82) is 0 Å². The molecule has 1 aliphatic carbocycles. The van der Waals surface area contributed by atoms with Gasteiger partial charge in [-0.1, -0.05) is 0 Å². The molecule has 13 heavy (non-hydrogen) atoms. The summed E-state index contributed by atoms with van der Waals surface area (Å²) in [6, 6.07) is 0.196. The Labute approximate surface area is 78.6 Å². The van der Waals surface area contributed by atoms with Crippen molar-refractivity contribution in [3.05, 3.63) is 0 Å². The first-order chi connectivity index (χ1) is 6.27. The van der Waals surface area contributed by atoms with E-state index in [0.717, 1.165) is 12.8 Å². The van der Waals surface area contributed by atoms with E-state index < -0.39 is 0 Å². The van der Waals surface area contributed by atoms with E-state index in [1.807, 2.05) is 0 Å². The second kappa shape index (κ2) is 5.19. The Morgan fingerprint density at radius 2 is 2.31 bits per heavy atom. The maximum Gasteiger partial charge on any atom is 0.325 e. The summed E-state index contributed by atoms with van der Waals surface area (Å²) in [6.45, 7) is 2.61. The van der Waals surface area contributed by atoms with E-state index >= 15 is 0 Å². The number of esters is 1. The summed E-state index contributed by atoms with van der Waals surface area (Å²) in [4.78, 5) is 11.3. The lowest BCUT2D eigenvalue weighted by molar-refractivity contribution is -0.147. The molecule has 0 unspecified atom stereocenters. The van der Waals surface area contributed by atoms with Gasteiger partial charge in [0.1, 0.15) is 6.04 Å². The summed E-state index contributed by atoms with van der Waals surface area (Å²) in [6.07, 6.45) is 2.30. The summed E-state index contributed by atoms with van der Waals surface area (Å²) < 4.78 is 9.84. The third-order valence-corrected chi connectivity index (χ3v) is 1.92. The second-order valence-corrected chi connectivity index (χ2v) is 3.20. The number of hydrogen-bond acceptors (Lipinski definition) is 4. The van der Waals surface area contributed by atoms with Gasteiger partial charge in [0.25, 0.3) is 0 Å². The fourth-order valence-electron chi connectivity index (χ4n) is 1.13. The van der Waals surface area contributed by atoms with Crippen LogP contribution in [0.1, 0.15) is 19.8 Å². The fourth-order valence-corrected chi connectivity index (χ4v) is 1.13. The maximum atomic E-state index is 11.3. The van der Waals surface area contributed by atoms with Gasteiger partial charge in [0.05, 0.1) is 13.2 Å². The molecule has 1 fully saturated rings. The molecule has 0 heterocycles. The Bertz CT molecular complexity index is 168. The van der Waals surface area contributed by atoms with Crippen molar-refractivity contribution >= 4 is 5.97 Å². The molecule has 76 valence electrons. The van der Waals surface area contributed by atoms with E-state index in [-0.39, 0.29) is 12.0 Å². The first kappa shape index (κ1) is 10.5. The van der Waals surface area contributed by atoms with Crippen molar-refractivity contribution in [2.24, 2.45) is 0 Å². The number of methoxy groups -OCH3 is 1. The molecule has 0 aliphatic heterocycles. The van der Waals surface area contributed by atoms with Crippen molar-refractivity contribution in [1.82, 2.24) is 5.32 Å². The molecular weight excluding hydrogens is 170 g/mol.